The molecule has 0 aromatic heterocycles. The lowest BCUT2D eigenvalue weighted by molar-refractivity contribution is -0.134. The Labute approximate surface area is 333 Å². The molecule has 0 aliphatic heterocycles. The van der Waals surface area contributed by atoms with Gasteiger partial charge in [-0.25, -0.2) is 9.59 Å². The van der Waals surface area contributed by atoms with Crippen molar-refractivity contribution in [3.05, 3.63) is 101 Å². The van der Waals surface area contributed by atoms with Gasteiger partial charge in [0.05, 0.1) is 23.6 Å². The molecule has 0 spiro atoms. The topological polar surface area (TPSA) is 171 Å². The van der Waals surface area contributed by atoms with E-state index >= 15 is 0 Å². The molecule has 4 N–H and O–H groups in total. The third-order valence-electron chi connectivity index (χ3n) is 10.2. The van der Waals surface area contributed by atoms with Gasteiger partial charge in [-0.2, -0.15) is 11.8 Å². The number of carboxylic acid groups (broad SMARTS) is 1. The SMILES string of the molecule is CSC(C)(C)[C@H](CC(=O)[C@H](C)N(C)C(=O)OC(C)(C)C)C(=O)NC(Cc1ccc(NC(=O)c2ccc(C(=O)O)cc2)cc1)C(=O)NC1CCCc2ccccc21. The van der Waals surface area contributed by atoms with Crippen LogP contribution in [0.25, 0.3) is 0 Å². The summed E-state index contributed by atoms with van der Waals surface area (Å²) in [6.45, 7) is 10.6. The molecule has 0 fully saturated rings. The molecule has 4 amide bonds. The van der Waals surface area contributed by atoms with Crippen LogP contribution in [0.3, 0.4) is 0 Å². The molecule has 1 aliphatic carbocycles. The standard InChI is InChI=1S/C43H54N4O8S/c1-26(47(7)41(54)55-42(2,3)4)36(48)25-33(43(5,6)56-8)38(50)46-35(39(51)45-34-15-11-13-28-12-9-10-14-32(28)34)24-27-16-22-31(23-17-27)44-37(49)29-18-20-30(21-19-29)40(52)53/h9-10,12,14,16-23,26,33-35H,11,13,15,24-25H2,1-8H3,(H,44,49)(H,45,51)(H,46,50)(H,52,53)/t26-,33+,34?,35?/m0/s1. The predicted octanol–water partition coefficient (Wildman–Crippen LogP) is 6.83. The van der Waals surface area contributed by atoms with Gasteiger partial charge in [-0.15, -0.1) is 0 Å². The molecule has 4 atom stereocenters. The van der Waals surface area contributed by atoms with Gasteiger partial charge in [0.15, 0.2) is 5.78 Å². The van der Waals surface area contributed by atoms with Crippen molar-refractivity contribution in [3.63, 3.8) is 0 Å². The first kappa shape index (κ1) is 43.6. The van der Waals surface area contributed by atoms with Crippen molar-refractivity contribution in [1.29, 1.82) is 0 Å². The number of likely N-dealkylation sites (N-methyl/N-ethyl adjacent to an activating group) is 1. The third-order valence-corrected chi connectivity index (χ3v) is 11.5. The molecule has 300 valence electrons. The summed E-state index contributed by atoms with van der Waals surface area (Å²) in [5.74, 6) is -3.52. The Hall–Kier alpha value is -5.17. The number of carboxylic acids is 1. The van der Waals surface area contributed by atoms with E-state index in [0.717, 1.165) is 24.8 Å². The normalized spacial score (nSPS) is 15.6. The molecule has 0 radical (unpaired) electrons. The molecule has 0 saturated heterocycles. The Kier molecular flexibility index (Phi) is 14.5. The minimum atomic E-state index is -1.09. The van der Waals surface area contributed by atoms with Crippen LogP contribution in [0.1, 0.15) is 104 Å². The van der Waals surface area contributed by atoms with Crippen LogP contribution in [0.2, 0.25) is 0 Å². The summed E-state index contributed by atoms with van der Waals surface area (Å²) in [4.78, 5) is 80.2. The molecule has 12 nitrogen and oxygen atoms in total. The number of hydrogen-bond acceptors (Lipinski definition) is 8. The maximum absolute atomic E-state index is 14.3. The summed E-state index contributed by atoms with van der Waals surface area (Å²) in [6.07, 6.45) is 3.72. The van der Waals surface area contributed by atoms with E-state index in [1.807, 2.05) is 38.3 Å². The monoisotopic (exact) mass is 786 g/mol. The number of carbonyl (C=O) groups excluding carboxylic acids is 5. The van der Waals surface area contributed by atoms with Crippen LogP contribution in [0.5, 0.6) is 0 Å². The van der Waals surface area contributed by atoms with Gasteiger partial charge in [-0.05, 0) is 120 Å². The highest BCUT2D eigenvalue weighted by atomic mass is 32.2. The smallest absolute Gasteiger partial charge is 0.410 e. The fourth-order valence-corrected chi connectivity index (χ4v) is 6.94. The molecule has 13 heteroatoms. The number of hydrogen-bond donors (Lipinski definition) is 4. The number of Topliss-reactive ketones (excluding diaryl/α,β-unsaturated/α-hetero) is 1. The van der Waals surface area contributed by atoms with Crippen LogP contribution in [0.4, 0.5) is 10.5 Å². The molecule has 0 saturated carbocycles. The van der Waals surface area contributed by atoms with E-state index < -0.39 is 52.2 Å². The maximum atomic E-state index is 14.3. The number of rotatable bonds is 15. The zero-order chi connectivity index (χ0) is 41.4. The number of amides is 4. The highest BCUT2D eigenvalue weighted by molar-refractivity contribution is 8.00. The van der Waals surface area contributed by atoms with Crippen LogP contribution in [0.15, 0.2) is 72.8 Å². The Morgan fingerprint density at radius 1 is 0.893 bits per heavy atom. The van der Waals surface area contributed by atoms with Gasteiger partial charge in [0, 0.05) is 35.9 Å². The number of ketones is 1. The van der Waals surface area contributed by atoms with Crippen LogP contribution < -0.4 is 16.0 Å². The minimum absolute atomic E-state index is 0.0690. The fourth-order valence-electron chi connectivity index (χ4n) is 6.46. The van der Waals surface area contributed by atoms with Crippen LogP contribution in [0, 0.1) is 5.92 Å². The van der Waals surface area contributed by atoms with Crippen molar-refractivity contribution in [2.45, 2.75) is 102 Å². The number of fused-ring (bicyclic) bond motifs is 1. The van der Waals surface area contributed by atoms with E-state index in [1.165, 1.54) is 53.5 Å². The molecule has 0 bridgehead atoms. The summed E-state index contributed by atoms with van der Waals surface area (Å²) in [7, 11) is 1.49. The number of aromatic carboxylic acids is 1. The number of benzene rings is 3. The van der Waals surface area contributed by atoms with Gasteiger partial charge in [0.1, 0.15) is 11.6 Å². The summed E-state index contributed by atoms with van der Waals surface area (Å²) >= 11 is 1.43. The highest BCUT2D eigenvalue weighted by Gasteiger charge is 2.40. The van der Waals surface area contributed by atoms with E-state index in [4.69, 9.17) is 9.84 Å². The van der Waals surface area contributed by atoms with Gasteiger partial charge in [0.25, 0.3) is 5.91 Å². The molecule has 3 aromatic rings. The minimum Gasteiger partial charge on any atom is -0.478 e. The second-order valence-electron chi connectivity index (χ2n) is 15.7. The Bertz CT molecular complexity index is 1910. The van der Waals surface area contributed by atoms with Crippen molar-refractivity contribution < 1.29 is 38.6 Å². The summed E-state index contributed by atoms with van der Waals surface area (Å²) in [5, 5.41) is 18.1. The van der Waals surface area contributed by atoms with E-state index in [2.05, 4.69) is 22.0 Å². The molecule has 2 unspecified atom stereocenters. The first-order valence-corrected chi connectivity index (χ1v) is 20.0. The molecular weight excluding hydrogens is 733 g/mol. The van der Waals surface area contributed by atoms with E-state index in [-0.39, 0.29) is 41.7 Å². The van der Waals surface area contributed by atoms with E-state index in [0.29, 0.717) is 11.3 Å². The summed E-state index contributed by atoms with van der Waals surface area (Å²) in [6, 6.07) is 18.4. The largest absolute Gasteiger partial charge is 0.478 e. The number of nitrogens with one attached hydrogen (secondary N) is 3. The lowest BCUT2D eigenvalue weighted by atomic mass is 9.86. The van der Waals surface area contributed by atoms with Crippen molar-refractivity contribution in [3.8, 4) is 0 Å². The molecule has 4 rings (SSSR count). The lowest BCUT2D eigenvalue weighted by Gasteiger charge is -2.35. The quantitative estimate of drug-likeness (QED) is 0.129. The van der Waals surface area contributed by atoms with E-state index in [1.54, 1.807) is 52.0 Å². The number of carbonyl (C=O) groups is 6. The third kappa shape index (κ3) is 11.7. The average Bonchev–Trinajstić information content (AvgIpc) is 3.15. The average molecular weight is 787 g/mol. The van der Waals surface area contributed by atoms with Crippen LogP contribution in [-0.2, 0) is 32.0 Å². The Balaban J connectivity index is 1.56. The van der Waals surface area contributed by atoms with E-state index in [9.17, 15) is 28.8 Å². The first-order valence-electron chi connectivity index (χ1n) is 18.8. The number of ether oxygens (including phenoxy) is 1. The highest BCUT2D eigenvalue weighted by Crippen LogP contribution is 2.34. The van der Waals surface area contributed by atoms with Gasteiger partial charge in [0.2, 0.25) is 11.8 Å². The second kappa shape index (κ2) is 18.6. The molecule has 56 heavy (non-hydrogen) atoms. The number of thioether (sulfide) groups is 1. The molecule has 1 aliphatic rings. The molecule has 3 aromatic carbocycles. The van der Waals surface area contributed by atoms with Gasteiger partial charge < -0.3 is 30.7 Å². The Morgan fingerprint density at radius 2 is 1.52 bits per heavy atom. The first-order chi connectivity index (χ1) is 26.3. The second-order valence-corrected chi connectivity index (χ2v) is 17.2. The lowest BCUT2D eigenvalue weighted by Crippen LogP contribution is -2.53. The number of anilines is 1. The van der Waals surface area contributed by atoms with Gasteiger partial charge >= 0.3 is 12.1 Å². The van der Waals surface area contributed by atoms with Gasteiger partial charge in [-0.1, -0.05) is 36.4 Å². The zero-order valence-electron chi connectivity index (χ0n) is 33.4. The molecule has 0 heterocycles. The number of nitrogens with zero attached hydrogens (tertiary/aromatic N) is 1. The van der Waals surface area contributed by atoms with Crippen molar-refractivity contribution >= 4 is 53.0 Å². The summed E-state index contributed by atoms with van der Waals surface area (Å²) < 4.78 is 4.74. The zero-order valence-corrected chi connectivity index (χ0v) is 34.3. The molecular formula is C43H54N4O8S. The van der Waals surface area contributed by atoms with Gasteiger partial charge in [-0.3, -0.25) is 19.2 Å². The van der Waals surface area contributed by atoms with Crippen LogP contribution in [-0.4, -0.2) is 81.3 Å². The Morgan fingerprint density at radius 3 is 2.12 bits per heavy atom. The fraction of sp³-hybridized carbons (Fsp3) is 0.442. The summed E-state index contributed by atoms with van der Waals surface area (Å²) in [5.41, 5.74) is 3.02. The maximum Gasteiger partial charge on any atom is 0.410 e. The van der Waals surface area contributed by atoms with Crippen molar-refractivity contribution in [2.24, 2.45) is 5.92 Å². The number of aryl methyl sites for hydroxylation is 1. The predicted molar refractivity (Wildman–Crippen MR) is 218 cm³/mol. The van der Waals surface area contributed by atoms with Crippen LogP contribution >= 0.6 is 11.8 Å². The van der Waals surface area contributed by atoms with Crippen molar-refractivity contribution in [2.75, 3.05) is 18.6 Å². The van der Waals surface area contributed by atoms with Crippen molar-refractivity contribution in [1.82, 2.24) is 15.5 Å².